The molecule has 0 aliphatic heterocycles. The van der Waals surface area contributed by atoms with E-state index in [9.17, 15) is 15.3 Å². The quantitative estimate of drug-likeness (QED) is 0.194. The molecule has 186 valence electrons. The predicted octanol–water partition coefficient (Wildman–Crippen LogP) is -3.95. The van der Waals surface area contributed by atoms with Gasteiger partial charge in [-0.2, -0.15) is 0 Å². The zero-order chi connectivity index (χ0) is 25.0. The standard InChI is InChI=1S/C10H14O2.2C9H12O2.3Na/c1-2-3-7-12-10-6-4-5-9(11)8-10;1-2-7-11-9-5-3-8(10)4-6-9;1-2-7-11-9-6-4-3-5-8(9)10;;;/h4-6,8,11H,2-3,7H2,1H3;2*3-6,10H,2,7H2,1H3;;;/q;;;3*+1/p-3. The third-order valence-electron chi connectivity index (χ3n) is 4.18. The van der Waals surface area contributed by atoms with Crippen LogP contribution in [0.3, 0.4) is 0 Å². The topological polar surface area (TPSA) is 96.9 Å². The summed E-state index contributed by atoms with van der Waals surface area (Å²) in [6, 6.07) is 19.6. The van der Waals surface area contributed by atoms with Crippen LogP contribution in [0, 0.1) is 0 Å². The van der Waals surface area contributed by atoms with E-state index in [1.165, 1.54) is 30.3 Å². The molecule has 0 unspecified atom stereocenters. The fraction of sp³-hybridized carbons (Fsp3) is 0.357. The van der Waals surface area contributed by atoms with E-state index in [2.05, 4.69) is 6.92 Å². The molecule has 3 rings (SSSR count). The van der Waals surface area contributed by atoms with Gasteiger partial charge < -0.3 is 29.5 Å². The summed E-state index contributed by atoms with van der Waals surface area (Å²) < 4.78 is 15.8. The first-order valence-corrected chi connectivity index (χ1v) is 11.7. The van der Waals surface area contributed by atoms with E-state index in [-0.39, 0.29) is 106 Å². The predicted molar refractivity (Wildman–Crippen MR) is 130 cm³/mol. The molecule has 0 aromatic heterocycles. The molecule has 0 saturated heterocycles. The Labute approximate surface area is 288 Å². The molecule has 0 spiro atoms. The Morgan fingerprint density at radius 1 is 0.541 bits per heavy atom. The van der Waals surface area contributed by atoms with Gasteiger partial charge in [0.1, 0.15) is 17.2 Å². The molecule has 3 aromatic rings. The van der Waals surface area contributed by atoms with Crippen molar-refractivity contribution in [3.63, 3.8) is 0 Å². The van der Waals surface area contributed by atoms with Crippen molar-refractivity contribution in [2.24, 2.45) is 0 Å². The van der Waals surface area contributed by atoms with Crippen molar-refractivity contribution in [1.82, 2.24) is 0 Å². The number of hydrogen-bond acceptors (Lipinski definition) is 6. The SMILES string of the molecule is CCCCOc1cccc([O-])c1.CCCOc1ccc([O-])cc1.CCCOc1ccccc1[O-].[Na+].[Na+].[Na+]. The van der Waals surface area contributed by atoms with Crippen molar-refractivity contribution in [1.29, 1.82) is 0 Å². The smallest absolute Gasteiger partial charge is 0.872 e. The number of ether oxygens (including phenoxy) is 3. The summed E-state index contributed by atoms with van der Waals surface area (Å²) >= 11 is 0. The maximum atomic E-state index is 11.0. The van der Waals surface area contributed by atoms with E-state index in [1.807, 2.05) is 13.8 Å². The zero-order valence-corrected chi connectivity index (χ0v) is 29.3. The number of unbranched alkanes of at least 4 members (excludes halogenated alkanes) is 1. The maximum Gasteiger partial charge on any atom is 1.00 e. The molecule has 0 amide bonds. The molecule has 0 bridgehead atoms. The second kappa shape index (κ2) is 27.0. The van der Waals surface area contributed by atoms with Crippen LogP contribution < -0.4 is 118 Å². The second-order valence-electron chi connectivity index (χ2n) is 7.29. The summed E-state index contributed by atoms with van der Waals surface area (Å²) in [4.78, 5) is 0. The van der Waals surface area contributed by atoms with Crippen LogP contribution in [0.4, 0.5) is 0 Å². The first kappa shape index (κ1) is 40.9. The van der Waals surface area contributed by atoms with Gasteiger partial charge in [-0.05, 0) is 49.6 Å². The summed E-state index contributed by atoms with van der Waals surface area (Å²) in [5.74, 6) is 1.88. The average molecular weight is 537 g/mol. The molecule has 6 nitrogen and oxygen atoms in total. The Morgan fingerprint density at radius 2 is 1.14 bits per heavy atom. The van der Waals surface area contributed by atoms with E-state index in [1.54, 1.807) is 42.5 Å². The molecule has 0 aliphatic carbocycles. The van der Waals surface area contributed by atoms with Gasteiger partial charge in [0.15, 0.2) is 0 Å². The van der Waals surface area contributed by atoms with Gasteiger partial charge in [-0.1, -0.05) is 75.4 Å². The van der Waals surface area contributed by atoms with Crippen LogP contribution in [0.5, 0.6) is 34.5 Å². The largest absolute Gasteiger partial charge is 1.00 e. The van der Waals surface area contributed by atoms with Crippen molar-refractivity contribution < 1.29 is 118 Å². The van der Waals surface area contributed by atoms with Gasteiger partial charge in [-0.25, -0.2) is 0 Å². The number of rotatable bonds is 10. The first-order chi connectivity index (χ1) is 16.5. The molecular formula is C28H35Na3O6. The fourth-order valence-electron chi connectivity index (χ4n) is 2.44. The molecule has 0 fully saturated rings. The molecule has 9 heteroatoms. The molecule has 0 heterocycles. The van der Waals surface area contributed by atoms with Crippen LogP contribution in [0.1, 0.15) is 46.5 Å². The molecule has 0 radical (unpaired) electrons. The molecule has 0 saturated carbocycles. The number of benzene rings is 3. The van der Waals surface area contributed by atoms with Crippen LogP contribution in [0.25, 0.3) is 0 Å². The third kappa shape index (κ3) is 21.0. The molecule has 3 aromatic carbocycles. The van der Waals surface area contributed by atoms with E-state index in [4.69, 9.17) is 14.2 Å². The van der Waals surface area contributed by atoms with Gasteiger partial charge in [-0.3, -0.25) is 0 Å². The molecule has 0 aliphatic rings. The Bertz CT molecular complexity index is 910. The Kier molecular flexibility index (Phi) is 29.9. The van der Waals surface area contributed by atoms with E-state index in [0.29, 0.717) is 31.3 Å². The number of para-hydroxylation sites is 2. The van der Waals surface area contributed by atoms with Crippen LogP contribution in [0.2, 0.25) is 0 Å². The Hall–Kier alpha value is -0.540. The minimum absolute atomic E-state index is 0. The minimum Gasteiger partial charge on any atom is -0.872 e. The van der Waals surface area contributed by atoms with Crippen molar-refractivity contribution in [3.05, 3.63) is 72.8 Å². The minimum atomic E-state index is -0.0408. The van der Waals surface area contributed by atoms with Crippen molar-refractivity contribution in [2.75, 3.05) is 19.8 Å². The van der Waals surface area contributed by atoms with Crippen LogP contribution in [-0.2, 0) is 0 Å². The molecule has 0 N–H and O–H groups in total. The summed E-state index contributed by atoms with van der Waals surface area (Å²) in [5, 5.41) is 32.5. The third-order valence-corrected chi connectivity index (χ3v) is 4.18. The van der Waals surface area contributed by atoms with Crippen molar-refractivity contribution in [2.45, 2.75) is 46.5 Å². The van der Waals surface area contributed by atoms with E-state index in [0.717, 1.165) is 31.4 Å². The fourth-order valence-corrected chi connectivity index (χ4v) is 2.44. The monoisotopic (exact) mass is 536 g/mol. The van der Waals surface area contributed by atoms with Gasteiger partial charge in [0.2, 0.25) is 0 Å². The Morgan fingerprint density at radius 3 is 1.70 bits per heavy atom. The zero-order valence-electron chi connectivity index (χ0n) is 23.3. The van der Waals surface area contributed by atoms with E-state index >= 15 is 0 Å². The van der Waals surface area contributed by atoms with Gasteiger partial charge in [0, 0.05) is 0 Å². The van der Waals surface area contributed by atoms with Gasteiger partial charge >= 0.3 is 88.7 Å². The normalized spacial score (nSPS) is 8.84. The summed E-state index contributed by atoms with van der Waals surface area (Å²) in [6.45, 7) is 8.17. The van der Waals surface area contributed by atoms with Crippen molar-refractivity contribution >= 4 is 0 Å². The van der Waals surface area contributed by atoms with Gasteiger partial charge in [0.05, 0.1) is 19.8 Å². The van der Waals surface area contributed by atoms with Gasteiger partial charge in [-0.15, -0.1) is 11.5 Å². The molecular weight excluding hydrogens is 501 g/mol. The van der Waals surface area contributed by atoms with Gasteiger partial charge in [0.25, 0.3) is 0 Å². The summed E-state index contributed by atoms with van der Waals surface area (Å²) in [7, 11) is 0. The van der Waals surface area contributed by atoms with Crippen LogP contribution in [0.15, 0.2) is 72.8 Å². The maximum absolute atomic E-state index is 11.0. The second-order valence-corrected chi connectivity index (χ2v) is 7.29. The average Bonchev–Trinajstić information content (AvgIpc) is 2.84. The van der Waals surface area contributed by atoms with Crippen LogP contribution >= 0.6 is 0 Å². The number of hydrogen-bond donors (Lipinski definition) is 0. The molecule has 37 heavy (non-hydrogen) atoms. The van der Waals surface area contributed by atoms with E-state index < -0.39 is 0 Å². The summed E-state index contributed by atoms with van der Waals surface area (Å²) in [6.07, 6.45) is 4.05. The Balaban J connectivity index is -0.000000451. The molecule has 0 atom stereocenters. The first-order valence-electron chi connectivity index (χ1n) is 11.7. The van der Waals surface area contributed by atoms with Crippen molar-refractivity contribution in [3.8, 4) is 34.5 Å². The summed E-state index contributed by atoms with van der Waals surface area (Å²) in [5.41, 5.74) is 0. The van der Waals surface area contributed by atoms with Crippen LogP contribution in [-0.4, -0.2) is 19.8 Å².